The van der Waals surface area contributed by atoms with E-state index in [4.69, 9.17) is 0 Å². The van der Waals surface area contributed by atoms with Crippen LogP contribution in [0.25, 0.3) is 0 Å². The molecule has 0 aliphatic heterocycles. The summed E-state index contributed by atoms with van der Waals surface area (Å²) >= 11 is 3.19. The molecule has 0 unspecified atom stereocenters. The largest absolute Gasteiger partial charge is 0.396 e. The normalized spacial score (nSPS) is 11.4. The summed E-state index contributed by atoms with van der Waals surface area (Å²) in [7, 11) is 0. The highest BCUT2D eigenvalue weighted by atomic mass is 79.9. The zero-order valence-electron chi connectivity index (χ0n) is 11.1. The van der Waals surface area contributed by atoms with Crippen molar-refractivity contribution in [2.24, 2.45) is 5.41 Å². The van der Waals surface area contributed by atoms with Gasteiger partial charge in [-0.2, -0.15) is 0 Å². The Morgan fingerprint density at radius 2 is 2.05 bits per heavy atom. The van der Waals surface area contributed by atoms with E-state index in [0.717, 1.165) is 18.5 Å². The van der Waals surface area contributed by atoms with E-state index in [-0.39, 0.29) is 17.7 Å². The molecule has 0 saturated heterocycles. The summed E-state index contributed by atoms with van der Waals surface area (Å²) in [5.41, 5.74) is 0.705. The number of anilines is 1. The topological polar surface area (TPSA) is 75.4 Å². The third kappa shape index (κ3) is 3.91. The Morgan fingerprint density at radius 3 is 2.47 bits per heavy atom. The van der Waals surface area contributed by atoms with Crippen LogP contribution in [0.15, 0.2) is 22.7 Å². The molecule has 0 aromatic heterocycles. The zero-order chi connectivity index (χ0) is 14.5. The molecular formula is C13H19BrN2O3. The molecule has 0 saturated carbocycles. The van der Waals surface area contributed by atoms with Crippen molar-refractivity contribution in [2.45, 2.75) is 26.7 Å². The highest BCUT2D eigenvalue weighted by Crippen LogP contribution is 2.30. The lowest BCUT2D eigenvalue weighted by Gasteiger charge is -2.30. The number of aliphatic hydroxyl groups excluding tert-OH is 1. The Hall–Kier alpha value is -1.14. The molecule has 0 atom stereocenters. The molecule has 0 radical (unpaired) electrons. The first-order valence-corrected chi connectivity index (χ1v) is 7.06. The molecule has 106 valence electrons. The average Bonchev–Trinajstić information content (AvgIpc) is 2.40. The summed E-state index contributed by atoms with van der Waals surface area (Å²) in [5, 5.41) is 23.4. The van der Waals surface area contributed by atoms with Gasteiger partial charge in [-0.15, -0.1) is 0 Å². The minimum absolute atomic E-state index is 0.0463. The predicted molar refractivity (Wildman–Crippen MR) is 79.4 cm³/mol. The van der Waals surface area contributed by atoms with Gasteiger partial charge >= 0.3 is 0 Å². The summed E-state index contributed by atoms with van der Waals surface area (Å²) in [6, 6.07) is 4.83. The van der Waals surface area contributed by atoms with E-state index in [0.29, 0.717) is 11.0 Å². The molecule has 6 heteroatoms. The molecular weight excluding hydrogens is 312 g/mol. The van der Waals surface area contributed by atoms with Crippen molar-refractivity contribution < 1.29 is 10.0 Å². The third-order valence-corrected chi connectivity index (χ3v) is 4.28. The van der Waals surface area contributed by atoms with Crippen molar-refractivity contribution in [2.75, 3.05) is 18.5 Å². The van der Waals surface area contributed by atoms with Crippen LogP contribution in [0.3, 0.4) is 0 Å². The molecule has 0 fully saturated rings. The van der Waals surface area contributed by atoms with E-state index in [1.54, 1.807) is 12.1 Å². The van der Waals surface area contributed by atoms with Gasteiger partial charge in [0.2, 0.25) is 0 Å². The van der Waals surface area contributed by atoms with E-state index in [1.165, 1.54) is 6.07 Å². The first kappa shape index (κ1) is 15.9. The van der Waals surface area contributed by atoms with Crippen LogP contribution in [0.5, 0.6) is 0 Å². The van der Waals surface area contributed by atoms with Crippen molar-refractivity contribution in [1.82, 2.24) is 0 Å². The Balaban J connectivity index is 2.78. The molecule has 0 aliphatic carbocycles. The molecule has 1 rings (SSSR count). The van der Waals surface area contributed by atoms with Crippen molar-refractivity contribution in [3.8, 4) is 0 Å². The number of halogens is 1. The van der Waals surface area contributed by atoms with Crippen LogP contribution in [0.1, 0.15) is 26.7 Å². The van der Waals surface area contributed by atoms with Crippen molar-refractivity contribution in [3.63, 3.8) is 0 Å². The quantitative estimate of drug-likeness (QED) is 0.592. The van der Waals surface area contributed by atoms with Gasteiger partial charge in [0.25, 0.3) is 5.69 Å². The highest BCUT2D eigenvalue weighted by Gasteiger charge is 2.25. The fourth-order valence-electron chi connectivity index (χ4n) is 1.83. The summed E-state index contributed by atoms with van der Waals surface area (Å²) < 4.78 is 0.449. The lowest BCUT2D eigenvalue weighted by atomic mass is 9.83. The predicted octanol–water partition coefficient (Wildman–Crippen LogP) is 3.57. The number of nitrogens with one attached hydrogen (secondary N) is 1. The van der Waals surface area contributed by atoms with E-state index >= 15 is 0 Å². The average molecular weight is 331 g/mol. The van der Waals surface area contributed by atoms with Crippen LogP contribution in [0.4, 0.5) is 11.4 Å². The van der Waals surface area contributed by atoms with Crippen LogP contribution in [0.2, 0.25) is 0 Å². The number of rotatable bonds is 7. The Bertz CT molecular complexity index is 439. The minimum Gasteiger partial charge on any atom is -0.396 e. The number of aliphatic hydroxyl groups is 1. The van der Waals surface area contributed by atoms with Crippen LogP contribution in [-0.4, -0.2) is 23.2 Å². The Kier molecular flexibility index (Phi) is 5.75. The third-order valence-electron chi connectivity index (χ3n) is 3.65. The number of hydrogen-bond acceptors (Lipinski definition) is 4. The van der Waals surface area contributed by atoms with E-state index in [1.807, 2.05) is 13.8 Å². The second kappa shape index (κ2) is 6.86. The summed E-state index contributed by atoms with van der Waals surface area (Å²) in [6.07, 6.45) is 1.75. The number of nitro groups is 1. The number of nitro benzene ring substituents is 1. The molecule has 19 heavy (non-hydrogen) atoms. The highest BCUT2D eigenvalue weighted by molar-refractivity contribution is 9.10. The first-order valence-electron chi connectivity index (χ1n) is 6.26. The Labute approximate surface area is 121 Å². The summed E-state index contributed by atoms with van der Waals surface area (Å²) in [5.74, 6) is 0. The molecule has 1 aromatic rings. The van der Waals surface area contributed by atoms with Crippen LogP contribution >= 0.6 is 15.9 Å². The Morgan fingerprint density at radius 1 is 1.42 bits per heavy atom. The standard InChI is InChI=1S/C13H19BrN2O3/c1-3-13(4-2,9-17)8-15-10-5-6-12(16(18)19)11(14)7-10/h5-7,15,17H,3-4,8-9H2,1-2H3. The second-order valence-corrected chi connectivity index (χ2v) is 5.50. The van der Waals surface area contributed by atoms with Gasteiger partial charge in [-0.3, -0.25) is 10.1 Å². The van der Waals surface area contributed by atoms with Crippen molar-refractivity contribution >= 4 is 27.3 Å². The van der Waals surface area contributed by atoms with Gasteiger partial charge < -0.3 is 10.4 Å². The number of benzene rings is 1. The number of hydrogen-bond donors (Lipinski definition) is 2. The smallest absolute Gasteiger partial charge is 0.283 e. The zero-order valence-corrected chi connectivity index (χ0v) is 12.7. The van der Waals surface area contributed by atoms with Gasteiger partial charge in [-0.1, -0.05) is 13.8 Å². The molecule has 1 aromatic carbocycles. The molecule has 0 heterocycles. The van der Waals surface area contributed by atoms with Gasteiger partial charge in [0, 0.05) is 23.7 Å². The van der Waals surface area contributed by atoms with Gasteiger partial charge in [0.1, 0.15) is 0 Å². The molecule has 0 amide bonds. The van der Waals surface area contributed by atoms with Crippen LogP contribution in [0, 0.1) is 15.5 Å². The maximum Gasteiger partial charge on any atom is 0.283 e. The molecule has 0 aliphatic rings. The minimum atomic E-state index is -0.427. The summed E-state index contributed by atoms with van der Waals surface area (Å²) in [4.78, 5) is 10.3. The van der Waals surface area contributed by atoms with E-state index in [9.17, 15) is 15.2 Å². The van der Waals surface area contributed by atoms with Crippen LogP contribution in [-0.2, 0) is 0 Å². The maximum absolute atomic E-state index is 10.7. The molecule has 0 bridgehead atoms. The van der Waals surface area contributed by atoms with Gasteiger partial charge in [0.05, 0.1) is 16.0 Å². The SMILES string of the molecule is CCC(CC)(CO)CNc1ccc([N+](=O)[O-])c(Br)c1. The van der Waals surface area contributed by atoms with Crippen molar-refractivity contribution in [1.29, 1.82) is 0 Å². The van der Waals surface area contributed by atoms with E-state index in [2.05, 4.69) is 21.2 Å². The maximum atomic E-state index is 10.7. The first-order chi connectivity index (χ1) is 8.98. The second-order valence-electron chi connectivity index (χ2n) is 4.64. The van der Waals surface area contributed by atoms with Crippen molar-refractivity contribution in [3.05, 3.63) is 32.8 Å². The van der Waals surface area contributed by atoms with E-state index < -0.39 is 4.92 Å². The molecule has 2 N–H and O–H groups in total. The molecule has 5 nitrogen and oxygen atoms in total. The fraction of sp³-hybridized carbons (Fsp3) is 0.538. The monoisotopic (exact) mass is 330 g/mol. The lowest BCUT2D eigenvalue weighted by Crippen LogP contribution is -2.32. The molecule has 0 spiro atoms. The summed E-state index contributed by atoms with van der Waals surface area (Å²) in [6.45, 7) is 4.86. The van der Waals surface area contributed by atoms with Crippen LogP contribution < -0.4 is 5.32 Å². The number of nitrogens with zero attached hydrogens (tertiary/aromatic N) is 1. The van der Waals surface area contributed by atoms with Gasteiger partial charge in [0.15, 0.2) is 0 Å². The fourth-order valence-corrected chi connectivity index (χ4v) is 2.36. The van der Waals surface area contributed by atoms with Gasteiger partial charge in [-0.25, -0.2) is 0 Å². The van der Waals surface area contributed by atoms with Gasteiger partial charge in [-0.05, 0) is 40.9 Å². The lowest BCUT2D eigenvalue weighted by molar-refractivity contribution is -0.385.